The Kier molecular flexibility index (Phi) is 22.1. The van der Waals surface area contributed by atoms with Crippen molar-refractivity contribution in [2.75, 3.05) is 6.67 Å². The van der Waals surface area contributed by atoms with Crippen molar-refractivity contribution in [1.29, 1.82) is 0 Å². The van der Waals surface area contributed by atoms with Crippen LogP contribution in [0, 0.1) is 0 Å². The smallest absolute Gasteiger partial charge is 0.371 e. The van der Waals surface area contributed by atoms with Crippen molar-refractivity contribution in [2.24, 2.45) is 0 Å². The molecule has 0 bridgehead atoms. The minimum atomic E-state index is -2.79. The van der Waals surface area contributed by atoms with Gasteiger partial charge in [0.1, 0.15) is 0 Å². The predicted octanol–water partition coefficient (Wildman–Crippen LogP) is 10.6. The lowest BCUT2D eigenvalue weighted by Crippen LogP contribution is -2.53. The minimum Gasteiger partial charge on any atom is -0.371 e. The highest BCUT2D eigenvalue weighted by molar-refractivity contribution is 6.60. The topological polar surface area (TPSA) is 27.7 Å². The lowest BCUT2D eigenvalue weighted by molar-refractivity contribution is -0.0413. The first-order valence-corrected chi connectivity index (χ1v) is 17.2. The SMILES string of the molecule is CCCCCCCCCCCCCC(C)(C)O[Si](CCCCCCCCF)(OC(C)C)OC(C)C. The van der Waals surface area contributed by atoms with Gasteiger partial charge in [-0.25, -0.2) is 0 Å². The average molecular weight is 519 g/mol. The van der Waals surface area contributed by atoms with E-state index in [1.165, 1.54) is 70.6 Å². The quantitative estimate of drug-likeness (QED) is 0.0841. The average Bonchev–Trinajstić information content (AvgIpc) is 2.75. The van der Waals surface area contributed by atoms with Crippen molar-refractivity contribution in [1.82, 2.24) is 0 Å². The summed E-state index contributed by atoms with van der Waals surface area (Å²) in [6.45, 7) is 14.9. The molecule has 0 saturated heterocycles. The molecule has 0 N–H and O–H groups in total. The van der Waals surface area contributed by atoms with E-state index in [-0.39, 0.29) is 24.5 Å². The Morgan fingerprint density at radius 3 is 1.43 bits per heavy atom. The molecule has 0 aliphatic carbocycles. The molecule has 0 fully saturated rings. The minimum absolute atomic E-state index is 0.0859. The molecule has 0 saturated carbocycles. The molecule has 0 unspecified atom stereocenters. The highest BCUT2D eigenvalue weighted by Crippen LogP contribution is 2.31. The zero-order valence-corrected chi connectivity index (χ0v) is 25.9. The lowest BCUT2D eigenvalue weighted by atomic mass is 9.99. The zero-order valence-electron chi connectivity index (χ0n) is 24.9. The molecule has 0 aromatic carbocycles. The van der Waals surface area contributed by atoms with Crippen LogP contribution in [0.5, 0.6) is 0 Å². The van der Waals surface area contributed by atoms with Gasteiger partial charge in [0.05, 0.1) is 12.3 Å². The van der Waals surface area contributed by atoms with Gasteiger partial charge in [-0.2, -0.15) is 0 Å². The summed E-state index contributed by atoms with van der Waals surface area (Å²) < 4.78 is 32.1. The van der Waals surface area contributed by atoms with E-state index >= 15 is 0 Å². The molecule has 35 heavy (non-hydrogen) atoms. The molecule has 0 heterocycles. The summed E-state index contributed by atoms with van der Waals surface area (Å²) >= 11 is 0. The Hall–Kier alpha value is 0.0269. The van der Waals surface area contributed by atoms with Crippen molar-refractivity contribution < 1.29 is 17.7 Å². The molecule has 5 heteroatoms. The van der Waals surface area contributed by atoms with E-state index in [0.29, 0.717) is 6.42 Å². The highest BCUT2D eigenvalue weighted by atomic mass is 28.4. The Morgan fingerprint density at radius 1 is 0.600 bits per heavy atom. The molecule has 0 atom stereocenters. The first-order valence-electron chi connectivity index (χ1n) is 15.3. The third kappa shape index (κ3) is 21.8. The van der Waals surface area contributed by atoms with Crippen molar-refractivity contribution in [3.63, 3.8) is 0 Å². The molecule has 0 rings (SSSR count). The van der Waals surface area contributed by atoms with Gasteiger partial charge in [0, 0.05) is 18.3 Å². The Labute approximate surface area is 221 Å². The van der Waals surface area contributed by atoms with E-state index in [4.69, 9.17) is 13.3 Å². The first kappa shape index (κ1) is 35.0. The molecule has 212 valence electrons. The van der Waals surface area contributed by atoms with E-state index in [2.05, 4.69) is 48.5 Å². The van der Waals surface area contributed by atoms with Gasteiger partial charge < -0.3 is 13.3 Å². The van der Waals surface area contributed by atoms with Gasteiger partial charge >= 0.3 is 8.80 Å². The van der Waals surface area contributed by atoms with Crippen LogP contribution in [0.2, 0.25) is 6.04 Å². The normalized spacial score (nSPS) is 12.9. The first-order chi connectivity index (χ1) is 16.7. The van der Waals surface area contributed by atoms with Gasteiger partial charge in [0.2, 0.25) is 0 Å². The Morgan fingerprint density at radius 2 is 1.00 bits per heavy atom. The molecule has 3 nitrogen and oxygen atoms in total. The van der Waals surface area contributed by atoms with Gasteiger partial charge in [-0.1, -0.05) is 103 Å². The molecule has 0 spiro atoms. The summed E-state index contributed by atoms with van der Waals surface area (Å²) in [5.74, 6) is 0. The van der Waals surface area contributed by atoms with E-state index in [1.807, 2.05) is 0 Å². The van der Waals surface area contributed by atoms with Crippen molar-refractivity contribution >= 4 is 8.80 Å². The highest BCUT2D eigenvalue weighted by Gasteiger charge is 2.46. The molecular formula is C30H63FO3Si. The molecule has 0 aromatic rings. The number of rotatable bonds is 26. The fourth-order valence-electron chi connectivity index (χ4n) is 4.79. The van der Waals surface area contributed by atoms with Crippen LogP contribution in [0.15, 0.2) is 0 Å². The third-order valence-corrected chi connectivity index (χ3v) is 10.0. The Bertz CT molecular complexity index is 447. The second-order valence-electron chi connectivity index (χ2n) is 11.7. The fraction of sp³-hybridized carbons (Fsp3) is 1.00. The zero-order chi connectivity index (χ0) is 26.4. The molecule has 0 aliphatic rings. The van der Waals surface area contributed by atoms with Gasteiger partial charge in [-0.15, -0.1) is 0 Å². The fourth-order valence-corrected chi connectivity index (χ4v) is 8.35. The van der Waals surface area contributed by atoms with E-state index in [1.54, 1.807) is 0 Å². The summed E-state index contributed by atoms with van der Waals surface area (Å²) in [5.41, 5.74) is -0.240. The maximum absolute atomic E-state index is 12.3. The molecule has 0 amide bonds. The van der Waals surface area contributed by atoms with Crippen LogP contribution < -0.4 is 0 Å². The van der Waals surface area contributed by atoms with Gasteiger partial charge in [-0.05, 0) is 60.8 Å². The number of hydrogen-bond acceptors (Lipinski definition) is 3. The molecule has 0 radical (unpaired) electrons. The number of alkyl halides is 1. The third-order valence-electron chi connectivity index (χ3n) is 6.51. The van der Waals surface area contributed by atoms with Crippen LogP contribution in [-0.4, -0.2) is 33.3 Å². The summed E-state index contributed by atoms with van der Waals surface area (Å²) in [6, 6.07) is 0.869. The number of halogens is 1. The van der Waals surface area contributed by atoms with Crippen LogP contribution in [0.4, 0.5) is 4.39 Å². The summed E-state index contributed by atoms with van der Waals surface area (Å²) in [7, 11) is -2.79. The maximum Gasteiger partial charge on any atom is 0.501 e. The predicted molar refractivity (Wildman–Crippen MR) is 153 cm³/mol. The van der Waals surface area contributed by atoms with Gasteiger partial charge in [-0.3, -0.25) is 4.39 Å². The monoisotopic (exact) mass is 518 g/mol. The second kappa shape index (κ2) is 22.1. The summed E-state index contributed by atoms with van der Waals surface area (Å²) in [4.78, 5) is 0. The van der Waals surface area contributed by atoms with Gasteiger partial charge in [0.15, 0.2) is 0 Å². The number of hydrogen-bond donors (Lipinski definition) is 0. The van der Waals surface area contributed by atoms with Crippen molar-refractivity contribution in [3.8, 4) is 0 Å². The van der Waals surface area contributed by atoms with Crippen LogP contribution in [0.1, 0.15) is 164 Å². The second-order valence-corrected chi connectivity index (χ2v) is 14.3. The standard InChI is InChI=1S/C30H63FO3Si/c1-8-9-10-11-12-13-14-15-16-19-22-25-30(6,7)34-35(32-28(2)3,33-29(4)5)27-24-21-18-17-20-23-26-31/h28-29H,8-27H2,1-7H3. The summed E-state index contributed by atoms with van der Waals surface area (Å²) in [5, 5.41) is 0. The molecular weight excluding hydrogens is 455 g/mol. The van der Waals surface area contributed by atoms with Crippen molar-refractivity contribution in [3.05, 3.63) is 0 Å². The van der Waals surface area contributed by atoms with E-state index < -0.39 is 8.80 Å². The molecule has 0 aromatic heterocycles. The van der Waals surface area contributed by atoms with E-state index in [9.17, 15) is 4.39 Å². The van der Waals surface area contributed by atoms with Crippen LogP contribution in [-0.2, 0) is 13.3 Å². The van der Waals surface area contributed by atoms with Gasteiger partial charge in [0.25, 0.3) is 0 Å². The molecule has 0 aliphatic heterocycles. The Balaban J connectivity index is 4.52. The van der Waals surface area contributed by atoms with Crippen LogP contribution >= 0.6 is 0 Å². The van der Waals surface area contributed by atoms with Crippen molar-refractivity contribution in [2.45, 2.75) is 188 Å². The maximum atomic E-state index is 12.3. The van der Waals surface area contributed by atoms with E-state index in [0.717, 1.165) is 44.6 Å². The van der Waals surface area contributed by atoms with Crippen LogP contribution in [0.25, 0.3) is 0 Å². The largest absolute Gasteiger partial charge is 0.501 e. The summed E-state index contributed by atoms with van der Waals surface area (Å²) in [6.07, 6.45) is 22.3. The lowest BCUT2D eigenvalue weighted by Gasteiger charge is -2.39. The number of unbranched alkanes of at least 4 members (excludes halogenated alkanes) is 15. The van der Waals surface area contributed by atoms with Crippen LogP contribution in [0.3, 0.4) is 0 Å².